The van der Waals surface area contributed by atoms with Crippen molar-refractivity contribution >= 4 is 57.8 Å². The number of primary amides is 1. The number of piperidine rings is 3. The van der Waals surface area contributed by atoms with Gasteiger partial charge in [0.2, 0.25) is 17.4 Å². The number of nitrogen functional groups attached to an aromatic ring is 1. The van der Waals surface area contributed by atoms with Crippen LogP contribution in [-0.4, -0.2) is 104 Å². The molecule has 2 atom stereocenters. The van der Waals surface area contributed by atoms with Gasteiger partial charge in [0.25, 0.3) is 11.8 Å². The molecule has 4 fully saturated rings. The molecule has 5 aliphatic rings. The second kappa shape index (κ2) is 9.25. The maximum atomic E-state index is 13.1. The number of quaternary nitrogens is 1. The molecule has 0 saturated carbocycles. The lowest BCUT2D eigenvalue weighted by atomic mass is 9.70. The maximum Gasteiger partial charge on any atom is 0.352 e. The average molecular weight is 552 g/mol. The quantitative estimate of drug-likeness (QED) is 0.130. The first-order valence-corrected chi connectivity index (χ1v) is 13.5. The van der Waals surface area contributed by atoms with Crippen molar-refractivity contribution in [2.45, 2.75) is 30.7 Å². The summed E-state index contributed by atoms with van der Waals surface area (Å²) in [6.07, 6.45) is 2.07. The van der Waals surface area contributed by atoms with Gasteiger partial charge in [0.1, 0.15) is 30.8 Å². The van der Waals surface area contributed by atoms with Crippen LogP contribution < -0.4 is 16.8 Å². The molecule has 14 nitrogen and oxygen atoms in total. The zero-order valence-electron chi connectivity index (χ0n) is 20.0. The lowest BCUT2D eigenvalue weighted by Crippen LogP contribution is -2.71. The van der Waals surface area contributed by atoms with Gasteiger partial charge in [-0.15, -0.1) is 11.8 Å². The summed E-state index contributed by atoms with van der Waals surface area (Å²) < 4.78 is 4.65. The van der Waals surface area contributed by atoms with Crippen LogP contribution in [0.2, 0.25) is 0 Å². The fourth-order valence-electron chi connectivity index (χ4n) is 5.70. The molecule has 0 aliphatic carbocycles. The van der Waals surface area contributed by atoms with Gasteiger partial charge in [-0.25, -0.2) is 4.79 Å². The summed E-state index contributed by atoms with van der Waals surface area (Å²) in [5.41, 5.74) is 11.2. The summed E-state index contributed by atoms with van der Waals surface area (Å²) in [5, 5.41) is 15.9. The number of oxime groups is 1. The number of carbonyl (C=O) groups is 4. The van der Waals surface area contributed by atoms with E-state index in [1.54, 1.807) is 0 Å². The summed E-state index contributed by atoms with van der Waals surface area (Å²) >= 11 is 2.28. The lowest BCUT2D eigenvalue weighted by Gasteiger charge is -2.55. The highest BCUT2D eigenvalue weighted by Gasteiger charge is 2.57. The number of fused-ring (bicyclic) bond motifs is 4. The number of aliphatic carboxylic acids is 1. The number of nitrogens with one attached hydrogen (secondary N) is 1. The molecule has 198 valence electrons. The molecule has 2 bridgehead atoms. The molecule has 5 aliphatic heterocycles. The molecule has 1 aromatic rings. The van der Waals surface area contributed by atoms with E-state index in [1.807, 2.05) is 0 Å². The van der Waals surface area contributed by atoms with Crippen molar-refractivity contribution in [3.63, 3.8) is 0 Å². The summed E-state index contributed by atoms with van der Waals surface area (Å²) in [6.45, 7) is 2.74. The topological polar surface area (TPSA) is 203 Å². The molecule has 6 heterocycles. The number of hydrogen-bond donors (Lipinski definition) is 4. The van der Waals surface area contributed by atoms with Crippen molar-refractivity contribution in [2.24, 2.45) is 16.3 Å². The molecule has 37 heavy (non-hydrogen) atoms. The van der Waals surface area contributed by atoms with E-state index in [4.69, 9.17) is 16.3 Å². The largest absolute Gasteiger partial charge is 0.477 e. The zero-order valence-corrected chi connectivity index (χ0v) is 21.6. The van der Waals surface area contributed by atoms with Crippen molar-refractivity contribution in [1.29, 1.82) is 0 Å². The minimum absolute atomic E-state index is 0.0243. The van der Waals surface area contributed by atoms with Crippen molar-refractivity contribution in [2.75, 3.05) is 44.8 Å². The average Bonchev–Trinajstić information content (AvgIpc) is 3.31. The Morgan fingerprint density at radius 2 is 1.97 bits per heavy atom. The molecule has 16 heteroatoms. The highest BCUT2D eigenvalue weighted by molar-refractivity contribution is 8.00. The predicted molar refractivity (Wildman–Crippen MR) is 133 cm³/mol. The predicted octanol–water partition coefficient (Wildman–Crippen LogP) is -1.30. The number of carbonyl (C=O) groups excluding carboxylic acids is 3. The van der Waals surface area contributed by atoms with Crippen LogP contribution in [0.1, 0.15) is 25.1 Å². The van der Waals surface area contributed by atoms with E-state index in [-0.39, 0.29) is 28.3 Å². The Bertz CT molecular complexity index is 1220. The number of aromatic nitrogens is 2. The highest BCUT2D eigenvalue weighted by atomic mass is 32.2. The molecule has 3 amide bonds. The van der Waals surface area contributed by atoms with E-state index in [0.717, 1.165) is 31.2 Å². The number of carboxylic acid groups (broad SMARTS) is 1. The van der Waals surface area contributed by atoms with Crippen molar-refractivity contribution in [3.8, 4) is 0 Å². The number of thioether (sulfide) groups is 1. The molecule has 0 radical (unpaired) electrons. The standard InChI is InChI=1S/C21H26N8O6S2/c1-35-26-11(14-25-20(23)37-27-14)15(30)24-12-16(31)28-13(18(32)33)10(9-36-17(12)28)8-29-5-2-21(3-6-29,4-7-29)19(22)34/h12,17H,2-9H2,1H3,(H5-,22,23,24,25,27,30,32,33,34)/p+1/t12?,17-,21?,29?/m0/s1. The lowest BCUT2D eigenvalue weighted by molar-refractivity contribution is -0.940. The third-order valence-electron chi connectivity index (χ3n) is 7.83. The van der Waals surface area contributed by atoms with Gasteiger partial charge < -0.3 is 31.2 Å². The van der Waals surface area contributed by atoms with Gasteiger partial charge in [-0.2, -0.15) is 9.36 Å². The summed E-state index contributed by atoms with van der Waals surface area (Å²) in [7, 11) is 1.26. The fraction of sp³-hybridized carbons (Fsp3) is 0.571. The Morgan fingerprint density at radius 3 is 2.51 bits per heavy atom. The molecule has 0 spiro atoms. The minimum Gasteiger partial charge on any atom is -0.477 e. The molecule has 0 aromatic carbocycles. The second-order valence-corrected chi connectivity index (χ2v) is 11.7. The van der Waals surface area contributed by atoms with Gasteiger partial charge >= 0.3 is 5.97 Å². The number of hydrogen-bond acceptors (Lipinski definition) is 11. The van der Waals surface area contributed by atoms with Gasteiger partial charge in [-0.1, -0.05) is 5.16 Å². The number of amides is 3. The van der Waals surface area contributed by atoms with E-state index in [9.17, 15) is 24.3 Å². The maximum absolute atomic E-state index is 13.1. The van der Waals surface area contributed by atoms with Crippen LogP contribution in [0.25, 0.3) is 0 Å². The van der Waals surface area contributed by atoms with Crippen LogP contribution in [0.15, 0.2) is 16.4 Å². The number of anilines is 1. The van der Waals surface area contributed by atoms with E-state index >= 15 is 0 Å². The zero-order chi connectivity index (χ0) is 26.5. The van der Waals surface area contributed by atoms with Gasteiger partial charge in [-0.05, 0) is 0 Å². The van der Waals surface area contributed by atoms with Crippen LogP contribution in [-0.2, 0) is 24.0 Å². The van der Waals surface area contributed by atoms with Crippen LogP contribution in [0, 0.1) is 5.41 Å². The van der Waals surface area contributed by atoms with E-state index < -0.39 is 34.6 Å². The molecule has 1 unspecified atom stereocenters. The van der Waals surface area contributed by atoms with Crippen LogP contribution in [0.3, 0.4) is 0 Å². The van der Waals surface area contributed by atoms with Gasteiger partial charge in [0, 0.05) is 42.1 Å². The Labute approximate surface area is 219 Å². The number of rotatable bonds is 8. The fourth-order valence-corrected chi connectivity index (χ4v) is 7.47. The molecular formula is C21H27N8O6S2+. The first-order valence-electron chi connectivity index (χ1n) is 11.7. The van der Waals surface area contributed by atoms with Gasteiger partial charge in [0.05, 0.1) is 25.0 Å². The first kappa shape index (κ1) is 25.4. The summed E-state index contributed by atoms with van der Waals surface area (Å²) in [6, 6.07) is -0.945. The number of β-lactam (4-membered cyclic amide) rings is 1. The van der Waals surface area contributed by atoms with Gasteiger partial charge in [0.15, 0.2) is 5.13 Å². The molecule has 6 rings (SSSR count). The first-order chi connectivity index (χ1) is 17.6. The molecular weight excluding hydrogens is 524 g/mol. The normalized spacial score (nSPS) is 31.0. The van der Waals surface area contributed by atoms with Crippen molar-refractivity contribution in [3.05, 3.63) is 17.1 Å². The highest BCUT2D eigenvalue weighted by Crippen LogP contribution is 2.46. The number of carboxylic acids is 1. The number of nitrogens with two attached hydrogens (primary N) is 2. The summed E-state index contributed by atoms with van der Waals surface area (Å²) in [4.78, 5) is 60.2. The van der Waals surface area contributed by atoms with E-state index in [0.29, 0.717) is 41.6 Å². The summed E-state index contributed by atoms with van der Waals surface area (Å²) in [5.74, 6) is -2.31. The van der Waals surface area contributed by atoms with Crippen molar-refractivity contribution < 1.29 is 33.6 Å². The SMILES string of the molecule is CON=C(C(=O)NC1C(=O)N2C(C(=O)O)=C(C[N+]34CCC(C(N)=O)(CC3)CC4)CS[C@@H]12)c1nsc(N)n1. The second-order valence-electron chi connectivity index (χ2n) is 9.76. The van der Waals surface area contributed by atoms with E-state index in [2.05, 4.69) is 19.8 Å². The van der Waals surface area contributed by atoms with Crippen LogP contribution in [0.5, 0.6) is 0 Å². The third-order valence-corrected chi connectivity index (χ3v) is 9.71. The smallest absolute Gasteiger partial charge is 0.352 e. The molecule has 6 N–H and O–H groups in total. The van der Waals surface area contributed by atoms with E-state index in [1.165, 1.54) is 23.8 Å². The third kappa shape index (κ3) is 4.21. The molecule has 4 saturated heterocycles. The monoisotopic (exact) mass is 551 g/mol. The van der Waals surface area contributed by atoms with Crippen LogP contribution in [0.4, 0.5) is 5.13 Å². The van der Waals surface area contributed by atoms with Gasteiger partial charge in [-0.3, -0.25) is 19.3 Å². The van der Waals surface area contributed by atoms with Crippen molar-refractivity contribution in [1.82, 2.24) is 19.6 Å². The molecule has 1 aromatic heterocycles. The van der Waals surface area contributed by atoms with Crippen LogP contribution >= 0.6 is 23.3 Å². The Kier molecular flexibility index (Phi) is 6.35. The number of nitrogens with zero attached hydrogens (tertiary/aromatic N) is 5. The Morgan fingerprint density at radius 1 is 1.30 bits per heavy atom. The minimum atomic E-state index is -1.18. The Hall–Kier alpha value is -3.24. The Balaban J connectivity index is 1.32.